The molecule has 0 aromatic heterocycles. The SMILES string of the molecule is COc1ccc(C2CCCN2C(=O)c2cc(C)cc(C(=O)O)c2)cc1OC. The van der Waals surface area contributed by atoms with Gasteiger partial charge in [-0.05, 0) is 61.2 Å². The third-order valence-electron chi connectivity index (χ3n) is 4.88. The molecule has 1 aliphatic heterocycles. The topological polar surface area (TPSA) is 76.1 Å². The Morgan fingerprint density at radius 1 is 1.04 bits per heavy atom. The van der Waals surface area contributed by atoms with E-state index in [-0.39, 0.29) is 17.5 Å². The van der Waals surface area contributed by atoms with Crippen LogP contribution in [0.1, 0.15) is 50.7 Å². The number of carboxylic acids is 1. The number of ether oxygens (including phenoxy) is 2. The summed E-state index contributed by atoms with van der Waals surface area (Å²) >= 11 is 0. The van der Waals surface area contributed by atoms with E-state index in [0.29, 0.717) is 23.6 Å². The molecule has 6 heteroatoms. The van der Waals surface area contributed by atoms with Crippen molar-refractivity contribution < 1.29 is 24.2 Å². The molecule has 0 saturated carbocycles. The summed E-state index contributed by atoms with van der Waals surface area (Å²) in [6, 6.07) is 10.3. The van der Waals surface area contributed by atoms with Crippen LogP contribution in [-0.2, 0) is 0 Å². The van der Waals surface area contributed by atoms with Crippen molar-refractivity contribution in [1.29, 1.82) is 0 Å². The van der Waals surface area contributed by atoms with Gasteiger partial charge in [0.25, 0.3) is 5.91 Å². The highest BCUT2D eigenvalue weighted by atomic mass is 16.5. The summed E-state index contributed by atoms with van der Waals surface area (Å²) in [6.07, 6.45) is 1.74. The number of amides is 1. The number of aryl methyl sites for hydroxylation is 1. The molecule has 27 heavy (non-hydrogen) atoms. The molecular formula is C21H23NO5. The first-order valence-electron chi connectivity index (χ1n) is 8.82. The summed E-state index contributed by atoms with van der Waals surface area (Å²) in [6.45, 7) is 2.42. The van der Waals surface area contributed by atoms with Crippen LogP contribution in [0.15, 0.2) is 36.4 Å². The molecular weight excluding hydrogens is 346 g/mol. The predicted molar refractivity (Wildman–Crippen MR) is 101 cm³/mol. The first-order chi connectivity index (χ1) is 12.9. The number of carboxylic acid groups (broad SMARTS) is 1. The predicted octanol–water partition coefficient (Wildman–Crippen LogP) is 3.69. The maximum absolute atomic E-state index is 13.1. The van der Waals surface area contributed by atoms with Crippen molar-refractivity contribution in [1.82, 2.24) is 4.90 Å². The number of nitrogens with zero attached hydrogens (tertiary/aromatic N) is 1. The van der Waals surface area contributed by atoms with E-state index in [0.717, 1.165) is 24.0 Å². The van der Waals surface area contributed by atoms with Crippen molar-refractivity contribution >= 4 is 11.9 Å². The van der Waals surface area contributed by atoms with Crippen LogP contribution in [0.4, 0.5) is 0 Å². The van der Waals surface area contributed by atoms with Gasteiger partial charge in [-0.3, -0.25) is 4.79 Å². The van der Waals surface area contributed by atoms with E-state index >= 15 is 0 Å². The van der Waals surface area contributed by atoms with Gasteiger partial charge in [-0.25, -0.2) is 4.79 Å². The van der Waals surface area contributed by atoms with Gasteiger partial charge in [-0.15, -0.1) is 0 Å². The molecule has 1 atom stereocenters. The Labute approximate surface area is 158 Å². The van der Waals surface area contributed by atoms with Gasteiger partial charge in [0.15, 0.2) is 11.5 Å². The normalized spacial score (nSPS) is 16.3. The van der Waals surface area contributed by atoms with Gasteiger partial charge in [-0.2, -0.15) is 0 Å². The van der Waals surface area contributed by atoms with Crippen LogP contribution in [0.5, 0.6) is 11.5 Å². The van der Waals surface area contributed by atoms with E-state index < -0.39 is 5.97 Å². The van der Waals surface area contributed by atoms with E-state index in [1.54, 1.807) is 33.3 Å². The van der Waals surface area contributed by atoms with E-state index in [4.69, 9.17) is 9.47 Å². The second-order valence-corrected chi connectivity index (χ2v) is 6.66. The Bertz CT molecular complexity index is 877. The number of hydrogen-bond acceptors (Lipinski definition) is 4. The fraction of sp³-hybridized carbons (Fsp3) is 0.333. The Hall–Kier alpha value is -3.02. The molecule has 6 nitrogen and oxygen atoms in total. The van der Waals surface area contributed by atoms with Crippen LogP contribution in [-0.4, -0.2) is 42.6 Å². The van der Waals surface area contributed by atoms with E-state index in [2.05, 4.69) is 0 Å². The number of likely N-dealkylation sites (tertiary alicyclic amines) is 1. The van der Waals surface area contributed by atoms with E-state index in [1.165, 1.54) is 6.07 Å². The van der Waals surface area contributed by atoms with Crippen LogP contribution < -0.4 is 9.47 Å². The zero-order chi connectivity index (χ0) is 19.6. The molecule has 0 radical (unpaired) electrons. The molecule has 1 heterocycles. The van der Waals surface area contributed by atoms with Crippen molar-refractivity contribution in [3.8, 4) is 11.5 Å². The third-order valence-corrected chi connectivity index (χ3v) is 4.88. The summed E-state index contributed by atoms with van der Waals surface area (Å²) < 4.78 is 10.7. The van der Waals surface area contributed by atoms with Crippen molar-refractivity contribution in [3.05, 3.63) is 58.7 Å². The first-order valence-corrected chi connectivity index (χ1v) is 8.82. The average molecular weight is 369 g/mol. The number of aromatic carboxylic acids is 1. The Morgan fingerprint density at radius 2 is 1.74 bits per heavy atom. The van der Waals surface area contributed by atoms with Crippen LogP contribution in [0, 0.1) is 6.92 Å². The summed E-state index contributed by atoms with van der Waals surface area (Å²) in [7, 11) is 3.17. The van der Waals surface area contributed by atoms with Gasteiger partial charge >= 0.3 is 5.97 Å². The highest BCUT2D eigenvalue weighted by molar-refractivity contribution is 5.98. The number of carbonyl (C=O) groups is 2. The van der Waals surface area contributed by atoms with E-state index in [1.807, 2.05) is 23.1 Å². The second kappa shape index (κ2) is 7.70. The van der Waals surface area contributed by atoms with Gasteiger partial charge < -0.3 is 19.5 Å². The zero-order valence-electron chi connectivity index (χ0n) is 15.7. The number of hydrogen-bond donors (Lipinski definition) is 1. The summed E-state index contributed by atoms with van der Waals surface area (Å²) in [5.74, 6) is 0.0732. The minimum Gasteiger partial charge on any atom is -0.493 e. The van der Waals surface area contributed by atoms with Gasteiger partial charge in [0, 0.05) is 12.1 Å². The van der Waals surface area contributed by atoms with Gasteiger partial charge in [0.05, 0.1) is 25.8 Å². The number of rotatable bonds is 5. The standard InChI is InChI=1S/C21H23NO5/c1-13-9-15(11-16(10-13)21(24)25)20(23)22-8-4-5-17(22)14-6-7-18(26-2)19(12-14)27-3/h6-7,9-12,17H,4-5,8H2,1-3H3,(H,24,25). The zero-order valence-corrected chi connectivity index (χ0v) is 15.7. The lowest BCUT2D eigenvalue weighted by Crippen LogP contribution is -2.30. The summed E-state index contributed by atoms with van der Waals surface area (Å²) in [4.78, 5) is 26.2. The molecule has 2 aromatic rings. The summed E-state index contributed by atoms with van der Waals surface area (Å²) in [5.41, 5.74) is 2.25. The molecule has 1 N–H and O–H groups in total. The van der Waals surface area contributed by atoms with Crippen molar-refractivity contribution in [2.45, 2.75) is 25.8 Å². The molecule has 1 amide bonds. The average Bonchev–Trinajstić information content (AvgIpc) is 3.16. The Kier molecular flexibility index (Phi) is 5.35. The van der Waals surface area contributed by atoms with Crippen molar-refractivity contribution in [3.63, 3.8) is 0 Å². The van der Waals surface area contributed by atoms with Crippen LogP contribution in [0.25, 0.3) is 0 Å². The smallest absolute Gasteiger partial charge is 0.335 e. The molecule has 142 valence electrons. The monoisotopic (exact) mass is 369 g/mol. The Morgan fingerprint density at radius 3 is 2.41 bits per heavy atom. The lowest BCUT2D eigenvalue weighted by molar-refractivity contribution is 0.0696. The molecule has 0 bridgehead atoms. The lowest BCUT2D eigenvalue weighted by atomic mass is 10.0. The number of carbonyl (C=O) groups excluding carboxylic acids is 1. The van der Waals surface area contributed by atoms with Crippen molar-refractivity contribution in [2.75, 3.05) is 20.8 Å². The fourth-order valence-electron chi connectivity index (χ4n) is 3.61. The minimum atomic E-state index is -1.04. The number of methoxy groups -OCH3 is 2. The van der Waals surface area contributed by atoms with Gasteiger partial charge in [0.1, 0.15) is 0 Å². The highest BCUT2D eigenvalue weighted by Crippen LogP contribution is 2.37. The first kappa shape index (κ1) is 18.8. The van der Waals surface area contributed by atoms with Crippen molar-refractivity contribution in [2.24, 2.45) is 0 Å². The molecule has 1 saturated heterocycles. The molecule has 3 rings (SSSR count). The maximum Gasteiger partial charge on any atom is 0.335 e. The lowest BCUT2D eigenvalue weighted by Gasteiger charge is -2.26. The van der Waals surface area contributed by atoms with E-state index in [9.17, 15) is 14.7 Å². The Balaban J connectivity index is 1.93. The maximum atomic E-state index is 13.1. The fourth-order valence-corrected chi connectivity index (χ4v) is 3.61. The molecule has 2 aromatic carbocycles. The minimum absolute atomic E-state index is 0.0777. The molecule has 1 aliphatic rings. The molecule has 1 unspecified atom stereocenters. The van der Waals surface area contributed by atoms with Gasteiger partial charge in [0.2, 0.25) is 0 Å². The van der Waals surface area contributed by atoms with Crippen LogP contribution in [0.3, 0.4) is 0 Å². The quantitative estimate of drug-likeness (QED) is 0.870. The van der Waals surface area contributed by atoms with Crippen LogP contribution in [0.2, 0.25) is 0 Å². The molecule has 0 aliphatic carbocycles. The number of benzene rings is 2. The largest absolute Gasteiger partial charge is 0.493 e. The second-order valence-electron chi connectivity index (χ2n) is 6.66. The van der Waals surface area contributed by atoms with Crippen LogP contribution >= 0.6 is 0 Å². The third kappa shape index (κ3) is 3.74. The summed E-state index contributed by atoms with van der Waals surface area (Å²) in [5, 5.41) is 9.27. The molecule has 0 spiro atoms. The van der Waals surface area contributed by atoms with Gasteiger partial charge in [-0.1, -0.05) is 6.07 Å². The molecule has 1 fully saturated rings. The highest BCUT2D eigenvalue weighted by Gasteiger charge is 2.31.